The van der Waals surface area contributed by atoms with Gasteiger partial charge < -0.3 is 15.0 Å². The van der Waals surface area contributed by atoms with E-state index in [9.17, 15) is 0 Å². The molecule has 1 saturated carbocycles. The number of rotatable bonds is 3. The summed E-state index contributed by atoms with van der Waals surface area (Å²) in [5.74, 6) is 0.346. The third-order valence-corrected chi connectivity index (χ3v) is 8.31. The zero-order chi connectivity index (χ0) is 23.3. The topological polar surface area (TPSA) is 27.7 Å². The summed E-state index contributed by atoms with van der Waals surface area (Å²) in [6.45, 7) is 2.94. The number of ether oxygens (including phenoxy) is 1. The maximum atomic E-state index is 6.58. The lowest BCUT2D eigenvalue weighted by molar-refractivity contribution is -0.00693. The molecule has 3 unspecified atom stereocenters. The molecule has 33 heavy (non-hydrogen) atoms. The van der Waals surface area contributed by atoms with Gasteiger partial charge in [0, 0.05) is 31.1 Å². The molecule has 2 aliphatic heterocycles. The first-order chi connectivity index (χ1) is 15.9. The lowest BCUT2D eigenvalue weighted by Gasteiger charge is -2.42. The third-order valence-electron chi connectivity index (χ3n) is 7.37. The average Bonchev–Trinajstić information content (AvgIpc) is 3.31. The Hall–Kier alpha value is -0.300. The van der Waals surface area contributed by atoms with Gasteiger partial charge in [0.25, 0.3) is 0 Å². The van der Waals surface area contributed by atoms with Gasteiger partial charge in [-0.15, -0.1) is 0 Å². The fraction of sp³-hybridized carbons (Fsp3) is 0.720. The molecule has 1 N–H and O–H groups in total. The Balaban J connectivity index is 1.44. The fourth-order valence-corrected chi connectivity index (χ4v) is 6.73. The fourth-order valence-electron chi connectivity index (χ4n) is 5.64. The molecular weight excluding hydrogens is 497 g/mol. The van der Waals surface area contributed by atoms with Crippen LogP contribution in [0, 0.1) is 0 Å². The molecule has 2 saturated heterocycles. The largest absolute Gasteiger partial charge is 0.379 e. The molecule has 4 nitrogen and oxygen atoms in total. The number of nitrogens with one attached hydrogen (secondary N) is 1. The molecule has 3 fully saturated rings. The minimum absolute atomic E-state index is 0.183. The molecule has 0 spiro atoms. The van der Waals surface area contributed by atoms with E-state index in [1.54, 1.807) is 0 Å². The quantitative estimate of drug-likeness (QED) is 0.367. The third kappa shape index (κ3) is 6.89. The summed E-state index contributed by atoms with van der Waals surface area (Å²) < 4.78 is 4.57. The second-order valence-electron chi connectivity index (χ2n) is 9.73. The van der Waals surface area contributed by atoms with E-state index < -0.39 is 9.96 Å². The van der Waals surface area contributed by atoms with Crippen LogP contribution in [0.25, 0.3) is 0 Å². The number of halogens is 3. The van der Waals surface area contributed by atoms with Gasteiger partial charge >= 0.3 is 0 Å². The number of alkyl halides is 3. The number of benzene rings is 1. The second kappa shape index (κ2) is 12.1. The molecule has 2 heterocycles. The number of nitrogens with zero attached hydrogens (tertiary/aromatic N) is 2. The van der Waals surface area contributed by atoms with E-state index in [1.807, 2.05) is 6.07 Å². The Morgan fingerprint density at radius 2 is 1.61 bits per heavy atom. The van der Waals surface area contributed by atoms with Crippen molar-refractivity contribution >= 4 is 52.1 Å². The molecule has 0 bridgehead atoms. The lowest BCUT2D eigenvalue weighted by Crippen LogP contribution is -2.57. The Labute approximate surface area is 219 Å². The molecule has 184 valence electrons. The van der Waals surface area contributed by atoms with Gasteiger partial charge in [-0.1, -0.05) is 104 Å². The van der Waals surface area contributed by atoms with Crippen LogP contribution < -0.4 is 5.32 Å². The highest BCUT2D eigenvalue weighted by atomic mass is 35.6. The molecule has 0 amide bonds. The molecule has 0 aromatic heterocycles. The first-order valence-corrected chi connectivity index (χ1v) is 14.0. The minimum Gasteiger partial charge on any atom is -0.379 e. The van der Waals surface area contributed by atoms with Crippen LogP contribution in [0.4, 0.5) is 0 Å². The van der Waals surface area contributed by atoms with Crippen LogP contribution in [0.15, 0.2) is 30.3 Å². The van der Waals surface area contributed by atoms with E-state index in [1.165, 1.54) is 44.1 Å². The lowest BCUT2D eigenvalue weighted by atomic mass is 9.90. The van der Waals surface area contributed by atoms with Crippen LogP contribution >= 0.6 is 47.0 Å². The monoisotopic (exact) mass is 531 g/mol. The van der Waals surface area contributed by atoms with Gasteiger partial charge in [-0.2, -0.15) is 0 Å². The van der Waals surface area contributed by atoms with E-state index >= 15 is 0 Å². The molecule has 8 heteroatoms. The van der Waals surface area contributed by atoms with Crippen LogP contribution in [0.5, 0.6) is 0 Å². The highest BCUT2D eigenvalue weighted by molar-refractivity contribution is 7.80. The van der Waals surface area contributed by atoms with Gasteiger partial charge in [0.1, 0.15) is 6.17 Å². The smallest absolute Gasteiger partial charge is 0.223 e. The van der Waals surface area contributed by atoms with E-state index in [0.29, 0.717) is 18.6 Å². The van der Waals surface area contributed by atoms with Crippen LogP contribution in [0.3, 0.4) is 0 Å². The van der Waals surface area contributed by atoms with E-state index in [-0.39, 0.29) is 6.04 Å². The highest BCUT2D eigenvalue weighted by Crippen LogP contribution is 2.41. The van der Waals surface area contributed by atoms with Crippen LogP contribution in [-0.2, 0) is 4.74 Å². The van der Waals surface area contributed by atoms with Crippen molar-refractivity contribution in [3.8, 4) is 0 Å². The molecule has 1 aliphatic carbocycles. The van der Waals surface area contributed by atoms with Gasteiger partial charge in [0.05, 0.1) is 13.2 Å². The predicted octanol–water partition coefficient (Wildman–Crippen LogP) is 6.25. The first-order valence-electron chi connectivity index (χ1n) is 12.5. The zero-order valence-corrected chi connectivity index (χ0v) is 22.3. The highest BCUT2D eigenvalue weighted by Gasteiger charge is 2.49. The number of hydrogen-bond donors (Lipinski definition) is 1. The normalized spacial score (nSPS) is 28.7. The zero-order valence-electron chi connectivity index (χ0n) is 19.2. The second-order valence-corrected chi connectivity index (χ2v) is 12.5. The summed E-state index contributed by atoms with van der Waals surface area (Å²) in [6.07, 6.45) is 10.7. The molecule has 1 aromatic rings. The predicted molar refractivity (Wildman–Crippen MR) is 142 cm³/mol. The standard InChI is InChI=1S/C25H36Cl3N3OS/c26-25(27,28)23-30(22-16-20(17-32-18-22)19-10-6-5-7-11-19)14-15-31(23)24(33)29-21-12-8-3-1-2-4-9-13-21/h5-7,10-11,20-23H,1-4,8-9,12-18H2,(H,29,33). The summed E-state index contributed by atoms with van der Waals surface area (Å²) >= 11 is 25.6. The Morgan fingerprint density at radius 3 is 2.27 bits per heavy atom. The first kappa shape index (κ1) is 25.8. The summed E-state index contributed by atoms with van der Waals surface area (Å²) in [5.41, 5.74) is 1.31. The Morgan fingerprint density at radius 1 is 0.939 bits per heavy atom. The van der Waals surface area contributed by atoms with Crippen molar-refractivity contribution in [1.29, 1.82) is 0 Å². The van der Waals surface area contributed by atoms with Crippen molar-refractivity contribution < 1.29 is 4.74 Å². The van der Waals surface area contributed by atoms with Crippen LogP contribution in [0.2, 0.25) is 0 Å². The summed E-state index contributed by atoms with van der Waals surface area (Å²) in [4.78, 5) is 4.40. The van der Waals surface area contributed by atoms with Gasteiger partial charge in [0.15, 0.2) is 5.11 Å². The molecule has 4 rings (SSSR count). The summed E-state index contributed by atoms with van der Waals surface area (Å²) in [6, 6.07) is 11.2. The van der Waals surface area contributed by atoms with Crippen molar-refractivity contribution in [3.05, 3.63) is 35.9 Å². The van der Waals surface area contributed by atoms with E-state index in [0.717, 1.165) is 44.1 Å². The van der Waals surface area contributed by atoms with Crippen molar-refractivity contribution in [2.24, 2.45) is 0 Å². The van der Waals surface area contributed by atoms with Crippen molar-refractivity contribution in [2.45, 2.75) is 85.7 Å². The van der Waals surface area contributed by atoms with Gasteiger partial charge in [-0.3, -0.25) is 4.90 Å². The molecule has 3 aliphatic rings. The number of thiocarbonyl (C=S) groups is 1. The van der Waals surface area contributed by atoms with Crippen LogP contribution in [0.1, 0.15) is 69.3 Å². The maximum Gasteiger partial charge on any atom is 0.223 e. The summed E-state index contributed by atoms with van der Waals surface area (Å²) in [7, 11) is 0. The van der Waals surface area contributed by atoms with Gasteiger partial charge in [-0.25, -0.2) is 0 Å². The maximum absolute atomic E-state index is 6.58. The molecule has 0 radical (unpaired) electrons. The Kier molecular flexibility index (Phi) is 9.45. The van der Waals surface area contributed by atoms with Crippen molar-refractivity contribution in [3.63, 3.8) is 0 Å². The van der Waals surface area contributed by atoms with E-state index in [2.05, 4.69) is 39.4 Å². The molecule has 1 aromatic carbocycles. The average molecular weight is 533 g/mol. The Bertz CT molecular complexity index is 753. The SMILES string of the molecule is S=C(NC1CCCCCCCC1)N1CCN(C2COCC(c3ccccc3)C2)C1C(Cl)(Cl)Cl. The van der Waals surface area contributed by atoms with Crippen molar-refractivity contribution in [2.75, 3.05) is 26.3 Å². The molecular formula is C25H36Cl3N3OS. The van der Waals surface area contributed by atoms with Gasteiger partial charge in [-0.05, 0) is 37.0 Å². The minimum atomic E-state index is -1.47. The van der Waals surface area contributed by atoms with Crippen molar-refractivity contribution in [1.82, 2.24) is 15.1 Å². The van der Waals surface area contributed by atoms with Gasteiger partial charge in [0.2, 0.25) is 3.79 Å². The molecule has 3 atom stereocenters. The number of hydrogen-bond acceptors (Lipinski definition) is 3. The van der Waals surface area contributed by atoms with E-state index in [4.69, 9.17) is 51.8 Å². The van der Waals surface area contributed by atoms with Crippen LogP contribution in [-0.4, -0.2) is 63.3 Å². The summed E-state index contributed by atoms with van der Waals surface area (Å²) in [5, 5.41) is 4.36.